The van der Waals surface area contributed by atoms with Gasteiger partial charge in [-0.05, 0) is 13.8 Å². The Balaban J connectivity index is 1.66. The lowest BCUT2D eigenvalue weighted by Gasteiger charge is -2.32. The van der Waals surface area contributed by atoms with Crippen LogP contribution in [0.25, 0.3) is 0 Å². The number of fused-ring (bicyclic) bond motifs is 1. The normalized spacial score (nSPS) is 36.0. The molecular weight excluding hydrogens is 328 g/mol. The highest BCUT2D eigenvalue weighted by molar-refractivity contribution is 5.96. The highest BCUT2D eigenvalue weighted by atomic mass is 16.7. The lowest BCUT2D eigenvalue weighted by molar-refractivity contribution is -0.229. The lowest BCUT2D eigenvalue weighted by atomic mass is 9.76. The number of carbonyl (C=O) groups is 1. The van der Waals surface area contributed by atoms with Gasteiger partial charge < -0.3 is 14.6 Å². The van der Waals surface area contributed by atoms with Crippen molar-refractivity contribution in [2.45, 2.75) is 44.4 Å². The van der Waals surface area contributed by atoms with Crippen molar-refractivity contribution in [2.24, 2.45) is 11.8 Å². The summed E-state index contributed by atoms with van der Waals surface area (Å²) in [6.07, 6.45) is -0.232. The Morgan fingerprint density at radius 1 is 1.00 bits per heavy atom. The molecule has 0 saturated carbocycles. The Morgan fingerprint density at radius 2 is 1.62 bits per heavy atom. The number of ketones is 1. The van der Waals surface area contributed by atoms with E-state index in [2.05, 4.69) is 0 Å². The van der Waals surface area contributed by atoms with Crippen LogP contribution in [-0.4, -0.2) is 29.2 Å². The molecule has 6 atom stereocenters. The van der Waals surface area contributed by atoms with E-state index < -0.39 is 5.79 Å². The summed E-state index contributed by atoms with van der Waals surface area (Å²) in [6.45, 7) is 3.91. The molecule has 2 saturated heterocycles. The fraction of sp³-hybridized carbons (Fsp3) is 0.409. The Morgan fingerprint density at radius 3 is 2.27 bits per heavy atom. The van der Waals surface area contributed by atoms with Gasteiger partial charge in [-0.15, -0.1) is 0 Å². The number of Topliss-reactive ketones (excluding diaryl/α,β-unsaturated/α-hetero) is 1. The molecule has 0 radical (unpaired) electrons. The van der Waals surface area contributed by atoms with E-state index in [0.29, 0.717) is 17.5 Å². The van der Waals surface area contributed by atoms with Crippen LogP contribution in [-0.2, 0) is 15.3 Å². The van der Waals surface area contributed by atoms with Gasteiger partial charge in [0, 0.05) is 23.5 Å². The van der Waals surface area contributed by atoms with E-state index in [-0.39, 0.29) is 35.9 Å². The number of hydrogen-bond donors (Lipinski definition) is 1. The Labute approximate surface area is 153 Å². The first-order chi connectivity index (χ1) is 12.5. The summed E-state index contributed by atoms with van der Waals surface area (Å²) >= 11 is 0. The molecule has 1 N–H and O–H groups in total. The van der Waals surface area contributed by atoms with Crippen molar-refractivity contribution in [1.29, 1.82) is 0 Å². The number of rotatable bonds is 4. The van der Waals surface area contributed by atoms with Gasteiger partial charge >= 0.3 is 0 Å². The summed E-state index contributed by atoms with van der Waals surface area (Å²) in [6, 6.07) is 18.7. The predicted molar refractivity (Wildman–Crippen MR) is 97.6 cm³/mol. The molecule has 136 valence electrons. The smallest absolute Gasteiger partial charge is 0.198 e. The van der Waals surface area contributed by atoms with E-state index in [9.17, 15) is 9.90 Å². The third-order valence-electron chi connectivity index (χ3n) is 5.77. The summed E-state index contributed by atoms with van der Waals surface area (Å²) in [4.78, 5) is 12.8. The van der Waals surface area contributed by atoms with Crippen LogP contribution in [0.15, 0.2) is 60.7 Å². The van der Waals surface area contributed by atoms with Crippen LogP contribution in [0, 0.1) is 11.8 Å². The van der Waals surface area contributed by atoms with Crippen molar-refractivity contribution in [3.05, 3.63) is 71.8 Å². The molecule has 2 heterocycles. The molecule has 4 rings (SSSR count). The molecule has 0 unspecified atom stereocenters. The third kappa shape index (κ3) is 2.78. The van der Waals surface area contributed by atoms with Crippen molar-refractivity contribution in [1.82, 2.24) is 0 Å². The van der Waals surface area contributed by atoms with Gasteiger partial charge in [0.05, 0.1) is 24.2 Å². The van der Waals surface area contributed by atoms with Gasteiger partial charge in [-0.25, -0.2) is 0 Å². The number of benzene rings is 2. The second kappa shape index (κ2) is 6.62. The minimum absolute atomic E-state index is 0.0710. The number of hydrogen-bond acceptors (Lipinski definition) is 4. The summed E-state index contributed by atoms with van der Waals surface area (Å²) < 4.78 is 12.1. The monoisotopic (exact) mass is 352 g/mol. The van der Waals surface area contributed by atoms with Gasteiger partial charge in [-0.3, -0.25) is 4.79 Å². The van der Waals surface area contributed by atoms with E-state index in [4.69, 9.17) is 9.47 Å². The second-order valence-electron chi connectivity index (χ2n) is 7.37. The Hall–Kier alpha value is -2.01. The molecule has 4 nitrogen and oxygen atoms in total. The fourth-order valence-corrected chi connectivity index (χ4v) is 4.50. The molecule has 2 fully saturated rings. The number of carbonyl (C=O) groups excluding carboxylic acids is 1. The van der Waals surface area contributed by atoms with Crippen molar-refractivity contribution < 1.29 is 19.4 Å². The number of aliphatic hydroxyl groups is 1. The Bertz CT molecular complexity index is 775. The van der Waals surface area contributed by atoms with Crippen LogP contribution in [0.2, 0.25) is 0 Å². The van der Waals surface area contributed by atoms with Crippen LogP contribution in [0.5, 0.6) is 0 Å². The van der Waals surface area contributed by atoms with Crippen LogP contribution in [0.3, 0.4) is 0 Å². The Kier molecular flexibility index (Phi) is 4.43. The van der Waals surface area contributed by atoms with Crippen LogP contribution in [0.1, 0.15) is 36.2 Å². The molecule has 0 bridgehead atoms. The quantitative estimate of drug-likeness (QED) is 0.855. The van der Waals surface area contributed by atoms with Gasteiger partial charge in [0.15, 0.2) is 11.6 Å². The van der Waals surface area contributed by atoms with Crippen molar-refractivity contribution in [3.8, 4) is 0 Å². The average Bonchev–Trinajstić information content (AvgIpc) is 3.12. The summed E-state index contributed by atoms with van der Waals surface area (Å²) in [5.41, 5.74) is 1.41. The molecule has 26 heavy (non-hydrogen) atoms. The van der Waals surface area contributed by atoms with Gasteiger partial charge in [0.25, 0.3) is 0 Å². The second-order valence-corrected chi connectivity index (χ2v) is 7.37. The first kappa shape index (κ1) is 17.4. The number of ether oxygens (including phenoxy) is 2. The first-order valence-corrected chi connectivity index (χ1v) is 9.20. The maximum atomic E-state index is 12.8. The van der Waals surface area contributed by atoms with Gasteiger partial charge in [0.2, 0.25) is 0 Å². The highest BCUT2D eigenvalue weighted by Crippen LogP contribution is 2.53. The summed E-state index contributed by atoms with van der Waals surface area (Å²) in [5, 5.41) is 11.5. The fourth-order valence-electron chi connectivity index (χ4n) is 4.50. The predicted octanol–water partition coefficient (Wildman–Crippen LogP) is 3.54. The zero-order valence-electron chi connectivity index (χ0n) is 15.0. The van der Waals surface area contributed by atoms with Gasteiger partial charge in [-0.1, -0.05) is 60.7 Å². The standard InChI is InChI=1S/C22H24O4/c1-14-18(13-19(23)16-9-5-3-6-10-16)20-21(25-14)15(2)26-22(20,24)17-11-7-4-8-12-17/h3-12,14-15,18,20-21,24H,13H2,1-2H3/t14-,15+,18-,20+,21+,22-/m1/s1. The largest absolute Gasteiger partial charge is 0.372 e. The van der Waals surface area contributed by atoms with Crippen molar-refractivity contribution >= 4 is 5.78 Å². The molecule has 2 aliphatic rings. The molecule has 2 aliphatic heterocycles. The van der Waals surface area contributed by atoms with Crippen molar-refractivity contribution in [2.75, 3.05) is 0 Å². The van der Waals surface area contributed by atoms with Crippen LogP contribution >= 0.6 is 0 Å². The van der Waals surface area contributed by atoms with Gasteiger partial charge in [-0.2, -0.15) is 0 Å². The molecule has 0 spiro atoms. The van der Waals surface area contributed by atoms with Crippen molar-refractivity contribution in [3.63, 3.8) is 0 Å². The minimum atomic E-state index is -1.43. The SMILES string of the molecule is C[C@@H]1O[C@](O)(c2ccccc2)[C@H]2[C@H](CC(=O)c3ccccc3)[C@@H](C)O[C@H]21. The van der Waals surface area contributed by atoms with Gasteiger partial charge in [0.1, 0.15) is 0 Å². The molecule has 0 amide bonds. The van der Waals surface area contributed by atoms with E-state index in [1.807, 2.05) is 74.5 Å². The first-order valence-electron chi connectivity index (χ1n) is 9.20. The molecule has 4 heteroatoms. The maximum Gasteiger partial charge on any atom is 0.198 e. The molecule has 0 aliphatic carbocycles. The topological polar surface area (TPSA) is 55.8 Å². The van der Waals surface area contributed by atoms with Crippen LogP contribution < -0.4 is 0 Å². The zero-order chi connectivity index (χ0) is 18.3. The van der Waals surface area contributed by atoms with Crippen LogP contribution in [0.4, 0.5) is 0 Å². The zero-order valence-corrected chi connectivity index (χ0v) is 15.0. The minimum Gasteiger partial charge on any atom is -0.372 e. The average molecular weight is 352 g/mol. The van der Waals surface area contributed by atoms with E-state index in [1.54, 1.807) is 0 Å². The molecule has 2 aromatic carbocycles. The summed E-state index contributed by atoms with van der Waals surface area (Å²) in [5.74, 6) is -1.75. The van der Waals surface area contributed by atoms with E-state index >= 15 is 0 Å². The lowest BCUT2D eigenvalue weighted by Crippen LogP contribution is -2.39. The summed E-state index contributed by atoms with van der Waals surface area (Å²) in [7, 11) is 0. The maximum absolute atomic E-state index is 12.8. The molecule has 0 aromatic heterocycles. The molecular formula is C22H24O4. The van der Waals surface area contributed by atoms with E-state index in [0.717, 1.165) is 0 Å². The highest BCUT2D eigenvalue weighted by Gasteiger charge is 2.62. The third-order valence-corrected chi connectivity index (χ3v) is 5.77. The molecule has 2 aromatic rings. The van der Waals surface area contributed by atoms with E-state index in [1.165, 1.54) is 0 Å².